The second-order valence-electron chi connectivity index (χ2n) is 11.6. The van der Waals surface area contributed by atoms with E-state index in [0.717, 1.165) is 11.1 Å². The van der Waals surface area contributed by atoms with Gasteiger partial charge in [-0.15, -0.1) is 0 Å². The third-order valence-electron chi connectivity index (χ3n) is 5.91. The van der Waals surface area contributed by atoms with Crippen LogP contribution in [0.15, 0.2) is 60.7 Å². The second kappa shape index (κ2) is 12.8. The first kappa shape index (κ1) is 30.5. The van der Waals surface area contributed by atoms with Gasteiger partial charge in [0.25, 0.3) is 0 Å². The molecule has 0 saturated heterocycles. The predicted octanol–water partition coefficient (Wildman–Crippen LogP) is 4.51. The van der Waals surface area contributed by atoms with Gasteiger partial charge in [0.1, 0.15) is 24.4 Å². The summed E-state index contributed by atoms with van der Waals surface area (Å²) >= 11 is 0. The van der Waals surface area contributed by atoms with E-state index in [-0.39, 0.29) is 13.2 Å². The number of amides is 2. The van der Waals surface area contributed by atoms with Gasteiger partial charge in [-0.2, -0.15) is 0 Å². The summed E-state index contributed by atoms with van der Waals surface area (Å²) in [6.07, 6.45) is -1.63. The molecule has 1 saturated carbocycles. The van der Waals surface area contributed by atoms with E-state index in [0.29, 0.717) is 0 Å². The Labute approximate surface area is 234 Å². The Bertz CT molecular complexity index is 1080. The van der Waals surface area contributed by atoms with E-state index >= 15 is 0 Å². The first-order valence-electron chi connectivity index (χ1n) is 13.1. The van der Waals surface area contributed by atoms with Gasteiger partial charge < -0.3 is 29.6 Å². The highest BCUT2D eigenvalue weighted by Crippen LogP contribution is 2.38. The molecule has 0 aliphatic heterocycles. The number of benzene rings is 2. The van der Waals surface area contributed by atoms with Crippen LogP contribution in [-0.2, 0) is 41.8 Å². The number of hydrogen-bond acceptors (Lipinski definition) is 8. The van der Waals surface area contributed by atoms with Gasteiger partial charge in [-0.25, -0.2) is 9.59 Å². The summed E-state index contributed by atoms with van der Waals surface area (Å²) in [6.45, 7) is 10.1. The summed E-state index contributed by atoms with van der Waals surface area (Å²) in [5.41, 5.74) is -0.143. The molecule has 0 aromatic heterocycles. The van der Waals surface area contributed by atoms with Gasteiger partial charge in [0.05, 0.1) is 23.9 Å². The molecular formula is C30H38N2O8. The monoisotopic (exact) mass is 554 g/mol. The van der Waals surface area contributed by atoms with Crippen LogP contribution in [0.5, 0.6) is 0 Å². The number of rotatable bonds is 8. The Kier molecular flexibility index (Phi) is 9.78. The lowest BCUT2D eigenvalue weighted by atomic mass is 9.64. The van der Waals surface area contributed by atoms with E-state index in [2.05, 4.69) is 10.6 Å². The van der Waals surface area contributed by atoms with Crippen LogP contribution in [0.2, 0.25) is 0 Å². The third kappa shape index (κ3) is 9.00. The summed E-state index contributed by atoms with van der Waals surface area (Å²) in [7, 11) is 0. The van der Waals surface area contributed by atoms with E-state index in [9.17, 15) is 19.2 Å². The maximum atomic E-state index is 13.4. The Morgan fingerprint density at radius 1 is 0.600 bits per heavy atom. The van der Waals surface area contributed by atoms with Crippen LogP contribution in [0.3, 0.4) is 0 Å². The third-order valence-corrected chi connectivity index (χ3v) is 5.91. The van der Waals surface area contributed by atoms with Crippen molar-refractivity contribution in [2.75, 3.05) is 0 Å². The molecule has 10 nitrogen and oxygen atoms in total. The maximum absolute atomic E-state index is 13.4. The van der Waals surface area contributed by atoms with Crippen LogP contribution in [0, 0.1) is 11.8 Å². The number of carbonyl (C=O) groups excluding carboxylic acids is 4. The number of ether oxygens (including phenoxy) is 4. The van der Waals surface area contributed by atoms with Crippen LogP contribution in [-0.4, -0.2) is 47.4 Å². The van der Waals surface area contributed by atoms with Crippen LogP contribution in [0.4, 0.5) is 9.59 Å². The minimum absolute atomic E-state index is 0.0364. The highest BCUT2D eigenvalue weighted by Gasteiger charge is 2.61. The standard InChI is InChI=1S/C30H38N2O8/c1-29(2,3)39-27(35)31-23-21(25(33)37-17-19-13-9-7-10-14-19)22(24(23)32-28(36)40-30(4,5)6)26(34)38-18-20-15-11-8-12-16-20/h7-16,21-24H,17-18H2,1-6H3,(H,31,35)(H,32,36)/t21-,22-,23-,24-/m0/s1. The Morgan fingerprint density at radius 3 is 1.23 bits per heavy atom. The molecule has 216 valence electrons. The summed E-state index contributed by atoms with van der Waals surface area (Å²) in [5.74, 6) is -3.76. The number of esters is 2. The number of carbonyl (C=O) groups is 4. The minimum atomic E-state index is -1.15. The molecule has 0 heterocycles. The molecule has 0 unspecified atom stereocenters. The average Bonchev–Trinajstić information content (AvgIpc) is 2.85. The van der Waals surface area contributed by atoms with Crippen LogP contribution in [0.1, 0.15) is 52.7 Å². The van der Waals surface area contributed by atoms with Gasteiger partial charge in [0, 0.05) is 0 Å². The van der Waals surface area contributed by atoms with Gasteiger partial charge in [-0.1, -0.05) is 60.7 Å². The van der Waals surface area contributed by atoms with E-state index in [1.54, 1.807) is 65.8 Å². The number of hydrogen-bond donors (Lipinski definition) is 2. The maximum Gasteiger partial charge on any atom is 0.407 e. The molecule has 3 rings (SSSR count). The molecule has 4 atom stereocenters. The van der Waals surface area contributed by atoms with Gasteiger partial charge in [0.15, 0.2) is 0 Å². The van der Waals surface area contributed by atoms with E-state index < -0.39 is 59.2 Å². The number of nitrogens with one attached hydrogen (secondary N) is 2. The largest absolute Gasteiger partial charge is 0.461 e. The Morgan fingerprint density at radius 2 is 0.925 bits per heavy atom. The number of alkyl carbamates (subject to hydrolysis) is 2. The van der Waals surface area contributed by atoms with Crippen molar-refractivity contribution in [3.05, 3.63) is 71.8 Å². The molecule has 0 bridgehead atoms. The van der Waals surface area contributed by atoms with Crippen molar-refractivity contribution in [1.82, 2.24) is 10.6 Å². The van der Waals surface area contributed by atoms with Crippen molar-refractivity contribution in [3.8, 4) is 0 Å². The van der Waals surface area contributed by atoms with Crippen LogP contribution in [0.25, 0.3) is 0 Å². The fourth-order valence-electron chi connectivity index (χ4n) is 4.23. The molecule has 2 aromatic carbocycles. The summed E-state index contributed by atoms with van der Waals surface area (Å²) < 4.78 is 21.8. The molecule has 1 fully saturated rings. The molecule has 2 amide bonds. The second-order valence-corrected chi connectivity index (χ2v) is 11.6. The summed E-state index contributed by atoms with van der Waals surface area (Å²) in [5, 5.41) is 5.28. The zero-order valence-electron chi connectivity index (χ0n) is 23.8. The predicted molar refractivity (Wildman–Crippen MR) is 146 cm³/mol. The summed E-state index contributed by atoms with van der Waals surface area (Å²) in [4.78, 5) is 52.1. The van der Waals surface area contributed by atoms with Crippen molar-refractivity contribution in [2.45, 2.75) is 78.0 Å². The van der Waals surface area contributed by atoms with Crippen molar-refractivity contribution < 1.29 is 38.1 Å². The normalized spacial score (nSPS) is 20.4. The molecular weight excluding hydrogens is 516 g/mol. The minimum Gasteiger partial charge on any atom is -0.461 e. The Balaban J connectivity index is 1.86. The average molecular weight is 555 g/mol. The van der Waals surface area contributed by atoms with Gasteiger partial charge in [-0.05, 0) is 52.7 Å². The molecule has 40 heavy (non-hydrogen) atoms. The molecule has 1 aliphatic carbocycles. The van der Waals surface area contributed by atoms with Crippen molar-refractivity contribution >= 4 is 24.1 Å². The van der Waals surface area contributed by atoms with E-state index in [1.807, 2.05) is 36.4 Å². The molecule has 0 spiro atoms. The van der Waals surface area contributed by atoms with Crippen molar-refractivity contribution in [3.63, 3.8) is 0 Å². The topological polar surface area (TPSA) is 129 Å². The SMILES string of the molecule is CC(C)(C)OC(=O)N[C@@H]1[C@@H](NC(=O)OC(C)(C)C)[C@@H](C(=O)OCc2ccccc2)[C@@H]1C(=O)OCc1ccccc1. The fraction of sp³-hybridized carbons (Fsp3) is 0.467. The lowest BCUT2D eigenvalue weighted by Crippen LogP contribution is -2.73. The van der Waals surface area contributed by atoms with E-state index in [4.69, 9.17) is 18.9 Å². The molecule has 2 aromatic rings. The summed E-state index contributed by atoms with van der Waals surface area (Å²) in [6, 6.07) is 16.0. The van der Waals surface area contributed by atoms with Gasteiger partial charge in [-0.3, -0.25) is 9.59 Å². The molecule has 0 radical (unpaired) electrons. The van der Waals surface area contributed by atoms with Gasteiger partial charge >= 0.3 is 24.1 Å². The van der Waals surface area contributed by atoms with Crippen LogP contribution >= 0.6 is 0 Å². The first-order valence-corrected chi connectivity index (χ1v) is 13.1. The van der Waals surface area contributed by atoms with Crippen molar-refractivity contribution in [2.24, 2.45) is 11.8 Å². The zero-order valence-corrected chi connectivity index (χ0v) is 23.8. The molecule has 2 N–H and O–H groups in total. The lowest BCUT2D eigenvalue weighted by Gasteiger charge is -2.48. The quantitative estimate of drug-likeness (QED) is 0.360. The lowest BCUT2D eigenvalue weighted by molar-refractivity contribution is -0.174. The molecule has 10 heteroatoms. The highest BCUT2D eigenvalue weighted by atomic mass is 16.6. The first-order chi connectivity index (χ1) is 18.7. The Hall–Kier alpha value is -4.08. The van der Waals surface area contributed by atoms with Gasteiger partial charge in [0.2, 0.25) is 0 Å². The molecule has 1 aliphatic rings. The smallest absolute Gasteiger partial charge is 0.407 e. The van der Waals surface area contributed by atoms with E-state index in [1.165, 1.54) is 0 Å². The van der Waals surface area contributed by atoms with Crippen LogP contribution < -0.4 is 10.6 Å². The fourth-order valence-corrected chi connectivity index (χ4v) is 4.23. The zero-order chi connectivity index (χ0) is 29.5. The van der Waals surface area contributed by atoms with Crippen molar-refractivity contribution in [1.29, 1.82) is 0 Å². The highest BCUT2D eigenvalue weighted by molar-refractivity contribution is 5.88.